The number of aromatic nitrogens is 2. The smallest absolute Gasteiger partial charge is 0.166 e. The molecule has 0 unspecified atom stereocenters. The molecule has 0 bridgehead atoms. The predicted octanol–water partition coefficient (Wildman–Crippen LogP) is 1.39. The van der Waals surface area contributed by atoms with E-state index in [0.717, 1.165) is 17.2 Å². The van der Waals surface area contributed by atoms with Crippen LogP contribution in [0.25, 0.3) is 10.9 Å². The molecule has 0 N–H and O–H groups in total. The van der Waals surface area contributed by atoms with Gasteiger partial charge in [0.05, 0.1) is 17.4 Å². The lowest BCUT2D eigenvalue weighted by Gasteiger charge is -1.95. The molecule has 2 aromatic heterocycles. The van der Waals surface area contributed by atoms with Gasteiger partial charge in [-0.15, -0.1) is 0 Å². The van der Waals surface area contributed by atoms with Gasteiger partial charge >= 0.3 is 0 Å². The normalized spacial score (nSPS) is 10.4. The Morgan fingerprint density at radius 1 is 1.58 bits per heavy atom. The second-order valence-corrected chi connectivity index (χ2v) is 2.68. The number of hydrogen-bond acceptors (Lipinski definition) is 2. The molecule has 3 nitrogen and oxygen atoms in total. The Hall–Kier alpha value is -1.64. The van der Waals surface area contributed by atoms with E-state index in [9.17, 15) is 4.79 Å². The minimum atomic E-state index is 0.679. The number of rotatable bonds is 1. The third-order valence-electron chi connectivity index (χ3n) is 2.01. The van der Waals surface area contributed by atoms with E-state index >= 15 is 0 Å². The number of nitrogens with zero attached hydrogens (tertiary/aromatic N) is 2. The molecule has 0 spiro atoms. The molecule has 0 aliphatic rings. The van der Waals surface area contributed by atoms with Crippen molar-refractivity contribution in [2.45, 2.75) is 0 Å². The molecular weight excluding hydrogens is 152 g/mol. The SMILES string of the molecule is Cn1c(C=O)cc2ccncc21. The van der Waals surface area contributed by atoms with Gasteiger partial charge in [0.15, 0.2) is 6.29 Å². The van der Waals surface area contributed by atoms with Crippen molar-refractivity contribution in [1.29, 1.82) is 0 Å². The third-order valence-corrected chi connectivity index (χ3v) is 2.01. The molecule has 0 fully saturated rings. The summed E-state index contributed by atoms with van der Waals surface area (Å²) in [6.45, 7) is 0. The van der Waals surface area contributed by atoms with Crippen LogP contribution in [0.4, 0.5) is 0 Å². The molecule has 0 aliphatic carbocycles. The van der Waals surface area contributed by atoms with Gasteiger partial charge in [0.2, 0.25) is 0 Å². The van der Waals surface area contributed by atoms with Gasteiger partial charge < -0.3 is 4.57 Å². The maximum absolute atomic E-state index is 10.6. The highest BCUT2D eigenvalue weighted by atomic mass is 16.1. The van der Waals surface area contributed by atoms with E-state index in [1.807, 2.05) is 23.7 Å². The average Bonchev–Trinajstić information content (AvgIpc) is 2.44. The fourth-order valence-electron chi connectivity index (χ4n) is 1.31. The maximum Gasteiger partial charge on any atom is 0.166 e. The van der Waals surface area contributed by atoms with Crippen LogP contribution >= 0.6 is 0 Å². The van der Waals surface area contributed by atoms with Crippen LogP contribution in [0.3, 0.4) is 0 Å². The maximum atomic E-state index is 10.6. The first kappa shape index (κ1) is 7.03. The zero-order valence-electron chi connectivity index (χ0n) is 6.69. The monoisotopic (exact) mass is 160 g/mol. The second-order valence-electron chi connectivity index (χ2n) is 2.68. The van der Waals surface area contributed by atoms with Crippen LogP contribution in [0.2, 0.25) is 0 Å². The zero-order valence-corrected chi connectivity index (χ0v) is 6.69. The van der Waals surface area contributed by atoms with E-state index in [1.165, 1.54) is 0 Å². The van der Waals surface area contributed by atoms with E-state index in [-0.39, 0.29) is 0 Å². The van der Waals surface area contributed by atoms with E-state index in [4.69, 9.17) is 0 Å². The van der Waals surface area contributed by atoms with Crippen LogP contribution in [-0.2, 0) is 7.05 Å². The van der Waals surface area contributed by atoms with Crippen molar-refractivity contribution in [3.63, 3.8) is 0 Å². The highest BCUT2D eigenvalue weighted by Gasteiger charge is 2.02. The molecule has 2 heterocycles. The van der Waals surface area contributed by atoms with E-state index in [0.29, 0.717) is 5.69 Å². The van der Waals surface area contributed by atoms with Gasteiger partial charge in [-0.1, -0.05) is 0 Å². The van der Waals surface area contributed by atoms with Crippen molar-refractivity contribution in [2.24, 2.45) is 7.05 Å². The Labute approximate surface area is 69.6 Å². The lowest BCUT2D eigenvalue weighted by molar-refractivity contribution is 0.111. The Kier molecular flexibility index (Phi) is 1.43. The number of carbonyl (C=O) groups excluding carboxylic acids is 1. The molecular formula is C9H8N2O. The molecule has 0 aromatic carbocycles. The van der Waals surface area contributed by atoms with Crippen LogP contribution in [-0.4, -0.2) is 15.8 Å². The summed E-state index contributed by atoms with van der Waals surface area (Å²) in [6, 6.07) is 3.74. The molecule has 60 valence electrons. The summed E-state index contributed by atoms with van der Waals surface area (Å²) >= 11 is 0. The van der Waals surface area contributed by atoms with Crippen LogP contribution in [0.15, 0.2) is 24.5 Å². The minimum absolute atomic E-state index is 0.679. The molecule has 0 radical (unpaired) electrons. The van der Waals surface area contributed by atoms with Gasteiger partial charge in [-0.3, -0.25) is 9.78 Å². The average molecular weight is 160 g/mol. The molecule has 0 amide bonds. The number of aryl methyl sites for hydroxylation is 1. The molecule has 0 saturated carbocycles. The highest BCUT2D eigenvalue weighted by molar-refractivity contribution is 5.88. The van der Waals surface area contributed by atoms with Gasteiger partial charge in [-0.25, -0.2) is 0 Å². The second kappa shape index (κ2) is 2.44. The van der Waals surface area contributed by atoms with Crippen LogP contribution in [0.1, 0.15) is 10.5 Å². The molecule has 0 saturated heterocycles. The minimum Gasteiger partial charge on any atom is -0.340 e. The van der Waals surface area contributed by atoms with Crippen LogP contribution < -0.4 is 0 Å². The van der Waals surface area contributed by atoms with Crippen molar-refractivity contribution in [3.8, 4) is 0 Å². The first-order valence-corrected chi connectivity index (χ1v) is 3.67. The summed E-state index contributed by atoms with van der Waals surface area (Å²) in [7, 11) is 1.85. The van der Waals surface area contributed by atoms with Crippen molar-refractivity contribution in [3.05, 3.63) is 30.2 Å². The van der Waals surface area contributed by atoms with Crippen molar-refractivity contribution < 1.29 is 4.79 Å². The van der Waals surface area contributed by atoms with Crippen molar-refractivity contribution in [1.82, 2.24) is 9.55 Å². The molecule has 0 aliphatic heterocycles. The summed E-state index contributed by atoms with van der Waals surface area (Å²) in [4.78, 5) is 14.5. The Morgan fingerprint density at radius 2 is 2.42 bits per heavy atom. The van der Waals surface area contributed by atoms with E-state index in [1.54, 1.807) is 12.4 Å². The lowest BCUT2D eigenvalue weighted by atomic mass is 10.3. The number of aldehydes is 1. The fourth-order valence-corrected chi connectivity index (χ4v) is 1.31. The molecule has 2 aromatic rings. The van der Waals surface area contributed by atoms with E-state index in [2.05, 4.69) is 4.98 Å². The van der Waals surface area contributed by atoms with Crippen molar-refractivity contribution >= 4 is 17.2 Å². The molecule has 0 atom stereocenters. The summed E-state index contributed by atoms with van der Waals surface area (Å²) in [5, 5.41) is 1.05. The third kappa shape index (κ3) is 0.830. The first-order valence-electron chi connectivity index (χ1n) is 3.67. The summed E-state index contributed by atoms with van der Waals surface area (Å²) in [5.41, 5.74) is 1.66. The highest BCUT2D eigenvalue weighted by Crippen LogP contribution is 2.15. The topological polar surface area (TPSA) is 34.9 Å². The number of carbonyl (C=O) groups is 1. The Bertz CT molecular complexity index is 431. The van der Waals surface area contributed by atoms with Gasteiger partial charge in [0, 0.05) is 18.6 Å². The standard InChI is InChI=1S/C9H8N2O/c1-11-8(6-12)4-7-2-3-10-5-9(7)11/h2-6H,1H3. The quantitative estimate of drug-likeness (QED) is 0.591. The number of hydrogen-bond donors (Lipinski definition) is 0. The van der Waals surface area contributed by atoms with E-state index < -0.39 is 0 Å². The summed E-state index contributed by atoms with van der Waals surface area (Å²) < 4.78 is 1.83. The van der Waals surface area contributed by atoms with Gasteiger partial charge in [0.25, 0.3) is 0 Å². The van der Waals surface area contributed by atoms with Crippen LogP contribution in [0.5, 0.6) is 0 Å². The number of fused-ring (bicyclic) bond motifs is 1. The number of pyridine rings is 1. The van der Waals surface area contributed by atoms with Gasteiger partial charge in [-0.2, -0.15) is 0 Å². The van der Waals surface area contributed by atoms with Gasteiger partial charge in [0.1, 0.15) is 0 Å². The summed E-state index contributed by atoms with van der Waals surface area (Å²) in [5.74, 6) is 0. The Balaban J connectivity index is 2.87. The predicted molar refractivity (Wildman–Crippen MR) is 46.1 cm³/mol. The Morgan fingerprint density at radius 3 is 3.08 bits per heavy atom. The lowest BCUT2D eigenvalue weighted by Crippen LogP contribution is -1.93. The molecule has 12 heavy (non-hydrogen) atoms. The summed E-state index contributed by atoms with van der Waals surface area (Å²) in [6.07, 6.45) is 4.32. The zero-order chi connectivity index (χ0) is 8.55. The largest absolute Gasteiger partial charge is 0.340 e. The fraction of sp³-hybridized carbons (Fsp3) is 0.111. The van der Waals surface area contributed by atoms with Crippen LogP contribution in [0, 0.1) is 0 Å². The van der Waals surface area contributed by atoms with Crippen molar-refractivity contribution in [2.75, 3.05) is 0 Å². The molecule has 2 rings (SSSR count). The molecule has 3 heteroatoms. The first-order chi connectivity index (χ1) is 5.83. The van der Waals surface area contributed by atoms with Gasteiger partial charge in [-0.05, 0) is 12.1 Å².